The molecule has 1 aromatic carbocycles. The molecular formula is C18H25N3O2. The zero-order chi connectivity index (χ0) is 16.2. The van der Waals surface area contributed by atoms with E-state index in [1.165, 1.54) is 18.5 Å². The summed E-state index contributed by atoms with van der Waals surface area (Å²) in [5.74, 6) is 2.62. The SMILES string of the molecule is CCCc1c(O)cc(OC)cc1CCNc1cc(C2CC2)[nH]n1. The van der Waals surface area contributed by atoms with Crippen molar-refractivity contribution < 1.29 is 9.84 Å². The van der Waals surface area contributed by atoms with E-state index in [-0.39, 0.29) is 0 Å². The number of nitrogens with one attached hydrogen (secondary N) is 2. The van der Waals surface area contributed by atoms with Crippen molar-refractivity contribution in [2.24, 2.45) is 0 Å². The molecule has 5 heteroatoms. The predicted octanol–water partition coefficient (Wildman–Crippen LogP) is 3.61. The Hall–Kier alpha value is -2.17. The number of aromatic nitrogens is 2. The van der Waals surface area contributed by atoms with Crippen LogP contribution >= 0.6 is 0 Å². The van der Waals surface area contributed by atoms with Crippen LogP contribution in [0.5, 0.6) is 11.5 Å². The lowest BCUT2D eigenvalue weighted by molar-refractivity contribution is 0.405. The number of methoxy groups -OCH3 is 1. The van der Waals surface area contributed by atoms with Gasteiger partial charge in [0.05, 0.1) is 7.11 Å². The Morgan fingerprint density at radius 2 is 2.13 bits per heavy atom. The van der Waals surface area contributed by atoms with E-state index in [4.69, 9.17) is 4.74 Å². The molecule has 0 radical (unpaired) electrons. The van der Waals surface area contributed by atoms with E-state index in [9.17, 15) is 5.11 Å². The first-order valence-corrected chi connectivity index (χ1v) is 8.39. The highest BCUT2D eigenvalue weighted by atomic mass is 16.5. The number of ether oxygens (including phenoxy) is 1. The molecule has 1 aromatic heterocycles. The maximum atomic E-state index is 10.2. The van der Waals surface area contributed by atoms with Crippen LogP contribution in [-0.2, 0) is 12.8 Å². The topological polar surface area (TPSA) is 70.2 Å². The molecule has 0 aliphatic heterocycles. The molecule has 1 fully saturated rings. The van der Waals surface area contributed by atoms with Crippen molar-refractivity contribution in [3.63, 3.8) is 0 Å². The Labute approximate surface area is 137 Å². The summed E-state index contributed by atoms with van der Waals surface area (Å²) in [6.45, 7) is 2.90. The summed E-state index contributed by atoms with van der Waals surface area (Å²) in [7, 11) is 1.62. The zero-order valence-corrected chi connectivity index (χ0v) is 13.9. The van der Waals surface area contributed by atoms with E-state index >= 15 is 0 Å². The summed E-state index contributed by atoms with van der Waals surface area (Å²) in [5, 5.41) is 21.0. The van der Waals surface area contributed by atoms with Crippen LogP contribution in [0, 0.1) is 0 Å². The largest absolute Gasteiger partial charge is 0.508 e. The van der Waals surface area contributed by atoms with Crippen LogP contribution in [0.4, 0.5) is 5.82 Å². The molecule has 124 valence electrons. The Balaban J connectivity index is 1.64. The number of rotatable bonds is 8. The van der Waals surface area contributed by atoms with Gasteiger partial charge in [0.1, 0.15) is 17.3 Å². The van der Waals surface area contributed by atoms with Gasteiger partial charge in [0.2, 0.25) is 0 Å². The van der Waals surface area contributed by atoms with Gasteiger partial charge in [0.25, 0.3) is 0 Å². The van der Waals surface area contributed by atoms with Gasteiger partial charge in [0.15, 0.2) is 0 Å². The second-order valence-electron chi connectivity index (χ2n) is 6.19. The fourth-order valence-corrected chi connectivity index (χ4v) is 2.92. The maximum Gasteiger partial charge on any atom is 0.148 e. The lowest BCUT2D eigenvalue weighted by atomic mass is 9.99. The fraction of sp³-hybridized carbons (Fsp3) is 0.500. The number of H-pyrrole nitrogens is 1. The third kappa shape index (κ3) is 3.78. The number of benzene rings is 1. The van der Waals surface area contributed by atoms with E-state index in [0.717, 1.165) is 42.8 Å². The van der Waals surface area contributed by atoms with Gasteiger partial charge in [-0.2, -0.15) is 5.10 Å². The summed E-state index contributed by atoms with van der Waals surface area (Å²) in [6, 6.07) is 5.82. The van der Waals surface area contributed by atoms with Crippen molar-refractivity contribution in [1.29, 1.82) is 0 Å². The second kappa shape index (κ2) is 6.94. The number of phenolic OH excluding ortho intramolecular Hbond substituents is 1. The zero-order valence-electron chi connectivity index (χ0n) is 13.9. The van der Waals surface area contributed by atoms with E-state index in [1.807, 2.05) is 6.07 Å². The Bertz CT molecular complexity index is 662. The normalized spacial score (nSPS) is 14.0. The highest BCUT2D eigenvalue weighted by molar-refractivity contribution is 5.47. The molecule has 0 saturated heterocycles. The molecule has 0 bridgehead atoms. The standard InChI is InChI=1S/C18H25N3O2/c1-3-4-15-13(9-14(23-2)10-17(15)22)7-8-19-18-11-16(20-21-18)12-5-6-12/h9-12,22H,3-8H2,1-2H3,(H2,19,20,21). The minimum Gasteiger partial charge on any atom is -0.508 e. The van der Waals surface area contributed by atoms with Crippen molar-refractivity contribution in [2.75, 3.05) is 19.0 Å². The molecule has 1 aliphatic carbocycles. The van der Waals surface area contributed by atoms with Crippen molar-refractivity contribution in [1.82, 2.24) is 10.2 Å². The van der Waals surface area contributed by atoms with Crippen LogP contribution in [0.2, 0.25) is 0 Å². The highest BCUT2D eigenvalue weighted by Crippen LogP contribution is 2.39. The molecule has 0 spiro atoms. The number of hydrogen-bond acceptors (Lipinski definition) is 4. The van der Waals surface area contributed by atoms with Gasteiger partial charge in [-0.1, -0.05) is 13.3 Å². The number of hydrogen-bond donors (Lipinski definition) is 3. The first kappa shape index (κ1) is 15.7. The molecule has 0 unspecified atom stereocenters. The Morgan fingerprint density at radius 3 is 2.83 bits per heavy atom. The van der Waals surface area contributed by atoms with Gasteiger partial charge >= 0.3 is 0 Å². The average molecular weight is 315 g/mol. The predicted molar refractivity (Wildman–Crippen MR) is 91.4 cm³/mol. The molecule has 5 nitrogen and oxygen atoms in total. The van der Waals surface area contributed by atoms with Crippen molar-refractivity contribution in [3.05, 3.63) is 35.0 Å². The summed E-state index contributed by atoms with van der Waals surface area (Å²) in [5.41, 5.74) is 3.39. The van der Waals surface area contributed by atoms with Crippen molar-refractivity contribution in [2.45, 2.75) is 44.9 Å². The highest BCUT2D eigenvalue weighted by Gasteiger charge is 2.25. The lowest BCUT2D eigenvalue weighted by Gasteiger charge is -2.13. The van der Waals surface area contributed by atoms with E-state index < -0.39 is 0 Å². The average Bonchev–Trinajstić information content (AvgIpc) is 3.29. The maximum absolute atomic E-state index is 10.2. The minimum atomic E-state index is 0.331. The summed E-state index contributed by atoms with van der Waals surface area (Å²) in [4.78, 5) is 0. The summed E-state index contributed by atoms with van der Waals surface area (Å²) >= 11 is 0. The Morgan fingerprint density at radius 1 is 1.30 bits per heavy atom. The molecule has 0 atom stereocenters. The smallest absolute Gasteiger partial charge is 0.148 e. The third-order valence-corrected chi connectivity index (χ3v) is 4.34. The fourth-order valence-electron chi connectivity index (χ4n) is 2.92. The molecule has 0 amide bonds. The molecule has 23 heavy (non-hydrogen) atoms. The van der Waals surface area contributed by atoms with Gasteiger partial charge in [-0.25, -0.2) is 0 Å². The number of anilines is 1. The molecule has 3 rings (SSSR count). The molecule has 3 N–H and O–H groups in total. The van der Waals surface area contributed by atoms with Crippen LogP contribution in [0.15, 0.2) is 18.2 Å². The summed E-state index contributed by atoms with van der Waals surface area (Å²) < 4.78 is 5.27. The molecular weight excluding hydrogens is 290 g/mol. The van der Waals surface area contributed by atoms with Gasteiger partial charge in [-0.05, 0) is 42.9 Å². The second-order valence-corrected chi connectivity index (χ2v) is 6.19. The number of aromatic hydroxyl groups is 1. The number of nitrogens with zero attached hydrogens (tertiary/aromatic N) is 1. The minimum absolute atomic E-state index is 0.331. The number of aromatic amines is 1. The van der Waals surface area contributed by atoms with Gasteiger partial charge in [-0.15, -0.1) is 0 Å². The molecule has 1 saturated carbocycles. The monoisotopic (exact) mass is 315 g/mol. The van der Waals surface area contributed by atoms with Crippen LogP contribution < -0.4 is 10.1 Å². The van der Waals surface area contributed by atoms with Crippen LogP contribution in [-0.4, -0.2) is 29.0 Å². The van der Waals surface area contributed by atoms with Crippen LogP contribution in [0.3, 0.4) is 0 Å². The van der Waals surface area contributed by atoms with Gasteiger partial charge in [-0.3, -0.25) is 5.10 Å². The van der Waals surface area contributed by atoms with Gasteiger partial charge in [0, 0.05) is 30.3 Å². The quantitative estimate of drug-likeness (QED) is 0.696. The molecule has 1 heterocycles. The Kier molecular flexibility index (Phi) is 4.74. The van der Waals surface area contributed by atoms with Crippen LogP contribution in [0.1, 0.15) is 48.9 Å². The molecule has 1 aliphatic rings. The van der Waals surface area contributed by atoms with E-state index in [1.54, 1.807) is 13.2 Å². The first-order chi connectivity index (χ1) is 11.2. The molecule has 2 aromatic rings. The van der Waals surface area contributed by atoms with Gasteiger partial charge < -0.3 is 15.2 Å². The summed E-state index contributed by atoms with van der Waals surface area (Å²) in [6.07, 6.45) is 5.24. The van der Waals surface area contributed by atoms with Crippen LogP contribution in [0.25, 0.3) is 0 Å². The first-order valence-electron chi connectivity index (χ1n) is 8.39. The lowest BCUT2D eigenvalue weighted by Crippen LogP contribution is -2.07. The number of phenols is 1. The van der Waals surface area contributed by atoms with E-state index in [0.29, 0.717) is 17.4 Å². The van der Waals surface area contributed by atoms with Crippen molar-refractivity contribution >= 4 is 5.82 Å². The van der Waals surface area contributed by atoms with E-state index in [2.05, 4.69) is 28.5 Å². The van der Waals surface area contributed by atoms with Crippen molar-refractivity contribution in [3.8, 4) is 11.5 Å². The third-order valence-electron chi connectivity index (χ3n) is 4.34.